The van der Waals surface area contributed by atoms with Crippen molar-refractivity contribution in [1.29, 1.82) is 0 Å². The van der Waals surface area contributed by atoms with Gasteiger partial charge in [-0.3, -0.25) is 0 Å². The number of rotatable bonds is 4. The molecule has 0 bridgehead atoms. The van der Waals surface area contributed by atoms with Crippen LogP contribution in [0.4, 0.5) is 5.69 Å². The van der Waals surface area contributed by atoms with Crippen LogP contribution in [0.1, 0.15) is 26.2 Å². The third-order valence-corrected chi connectivity index (χ3v) is 3.48. The van der Waals surface area contributed by atoms with E-state index in [2.05, 4.69) is 5.32 Å². The first-order valence-corrected chi connectivity index (χ1v) is 6.34. The molecule has 1 aromatic carbocycles. The van der Waals surface area contributed by atoms with E-state index in [0.29, 0.717) is 19.4 Å². The molecule has 1 saturated heterocycles. The zero-order valence-corrected chi connectivity index (χ0v) is 10.6. The highest BCUT2D eigenvalue weighted by Gasteiger charge is 2.43. The van der Waals surface area contributed by atoms with Crippen LogP contribution in [-0.4, -0.2) is 29.3 Å². The largest absolute Gasteiger partial charge is 0.480 e. The molecule has 1 fully saturated rings. The molecule has 4 heteroatoms. The number of para-hydroxylation sites is 1. The fraction of sp³-hybridized carbons (Fsp3) is 0.500. The Labute approximate surface area is 107 Å². The minimum absolute atomic E-state index is 0.0195. The molecular weight excluding hydrogens is 230 g/mol. The van der Waals surface area contributed by atoms with Gasteiger partial charge in [0.1, 0.15) is 5.54 Å². The molecule has 2 unspecified atom stereocenters. The second-order valence-corrected chi connectivity index (χ2v) is 4.73. The van der Waals surface area contributed by atoms with Crippen LogP contribution in [0, 0.1) is 0 Å². The molecule has 0 spiro atoms. The summed E-state index contributed by atoms with van der Waals surface area (Å²) < 4.78 is 5.57. The van der Waals surface area contributed by atoms with Gasteiger partial charge in [-0.25, -0.2) is 4.79 Å². The number of ether oxygens (including phenoxy) is 1. The van der Waals surface area contributed by atoms with Crippen molar-refractivity contribution >= 4 is 11.7 Å². The van der Waals surface area contributed by atoms with Gasteiger partial charge < -0.3 is 15.2 Å². The number of carbonyl (C=O) groups is 1. The van der Waals surface area contributed by atoms with Crippen LogP contribution < -0.4 is 5.32 Å². The van der Waals surface area contributed by atoms with Gasteiger partial charge in [0.25, 0.3) is 0 Å². The highest BCUT2D eigenvalue weighted by molar-refractivity contribution is 5.83. The Morgan fingerprint density at radius 3 is 2.83 bits per heavy atom. The molecule has 0 aromatic heterocycles. The Bertz CT molecular complexity index is 407. The summed E-state index contributed by atoms with van der Waals surface area (Å²) in [7, 11) is 0. The van der Waals surface area contributed by atoms with Crippen LogP contribution in [0.15, 0.2) is 30.3 Å². The molecule has 0 aliphatic carbocycles. The van der Waals surface area contributed by atoms with E-state index in [1.165, 1.54) is 0 Å². The number of anilines is 1. The summed E-state index contributed by atoms with van der Waals surface area (Å²) >= 11 is 0. The molecule has 2 atom stereocenters. The molecule has 0 radical (unpaired) electrons. The summed E-state index contributed by atoms with van der Waals surface area (Å²) in [6, 6.07) is 9.49. The lowest BCUT2D eigenvalue weighted by molar-refractivity contribution is -0.148. The molecule has 1 aromatic rings. The highest BCUT2D eigenvalue weighted by atomic mass is 16.5. The Hall–Kier alpha value is -1.55. The SMILES string of the molecule is CCC1CC(Nc2ccccc2)(C(=O)O)CCO1. The maximum Gasteiger partial charge on any atom is 0.329 e. The van der Waals surface area contributed by atoms with Gasteiger partial charge in [-0.05, 0) is 18.6 Å². The fourth-order valence-corrected chi connectivity index (χ4v) is 2.37. The van der Waals surface area contributed by atoms with Crippen molar-refractivity contribution in [2.24, 2.45) is 0 Å². The topological polar surface area (TPSA) is 58.6 Å². The Balaban J connectivity index is 2.19. The quantitative estimate of drug-likeness (QED) is 0.860. The van der Waals surface area contributed by atoms with E-state index in [1.807, 2.05) is 37.3 Å². The zero-order chi connectivity index (χ0) is 13.0. The van der Waals surface area contributed by atoms with Crippen molar-refractivity contribution in [1.82, 2.24) is 0 Å². The number of hydrogen-bond donors (Lipinski definition) is 2. The Morgan fingerprint density at radius 2 is 2.22 bits per heavy atom. The second-order valence-electron chi connectivity index (χ2n) is 4.73. The highest BCUT2D eigenvalue weighted by Crippen LogP contribution is 2.30. The zero-order valence-electron chi connectivity index (χ0n) is 10.6. The van der Waals surface area contributed by atoms with Crippen LogP contribution in [0.5, 0.6) is 0 Å². The van der Waals surface area contributed by atoms with Gasteiger partial charge in [0, 0.05) is 25.1 Å². The number of aliphatic carboxylic acids is 1. The predicted octanol–water partition coefficient (Wildman–Crippen LogP) is 2.51. The number of benzene rings is 1. The van der Waals surface area contributed by atoms with E-state index in [1.54, 1.807) is 0 Å². The van der Waals surface area contributed by atoms with E-state index in [-0.39, 0.29) is 6.10 Å². The van der Waals surface area contributed by atoms with E-state index in [0.717, 1.165) is 12.1 Å². The molecule has 98 valence electrons. The van der Waals surface area contributed by atoms with Gasteiger partial charge >= 0.3 is 5.97 Å². The van der Waals surface area contributed by atoms with Crippen molar-refractivity contribution in [3.05, 3.63) is 30.3 Å². The molecule has 2 rings (SSSR count). The van der Waals surface area contributed by atoms with Crippen molar-refractivity contribution in [2.75, 3.05) is 11.9 Å². The predicted molar refractivity (Wildman–Crippen MR) is 69.7 cm³/mol. The van der Waals surface area contributed by atoms with Gasteiger partial charge in [0.2, 0.25) is 0 Å². The number of carboxylic acid groups (broad SMARTS) is 1. The smallest absolute Gasteiger partial charge is 0.329 e. The van der Waals surface area contributed by atoms with Gasteiger partial charge in [0.05, 0.1) is 6.10 Å². The van der Waals surface area contributed by atoms with Crippen LogP contribution >= 0.6 is 0 Å². The van der Waals surface area contributed by atoms with E-state index >= 15 is 0 Å². The minimum atomic E-state index is -0.902. The first-order chi connectivity index (χ1) is 8.66. The van der Waals surface area contributed by atoms with Crippen LogP contribution in [0.3, 0.4) is 0 Å². The van der Waals surface area contributed by atoms with Gasteiger partial charge in [-0.1, -0.05) is 25.1 Å². The molecule has 1 heterocycles. The standard InChI is InChI=1S/C14H19NO3/c1-2-12-10-14(13(16)17,8-9-18-12)15-11-6-4-3-5-7-11/h3-7,12,15H,2,8-10H2,1H3,(H,16,17). The third-order valence-electron chi connectivity index (χ3n) is 3.48. The molecule has 1 aliphatic rings. The molecule has 1 aliphatic heterocycles. The maximum absolute atomic E-state index is 11.6. The molecule has 18 heavy (non-hydrogen) atoms. The number of hydrogen-bond acceptors (Lipinski definition) is 3. The summed E-state index contributed by atoms with van der Waals surface area (Å²) in [5, 5.41) is 12.7. The fourth-order valence-electron chi connectivity index (χ4n) is 2.37. The minimum Gasteiger partial charge on any atom is -0.480 e. The monoisotopic (exact) mass is 249 g/mol. The Kier molecular flexibility index (Phi) is 3.87. The molecule has 0 saturated carbocycles. The second kappa shape index (κ2) is 5.40. The average molecular weight is 249 g/mol. The summed E-state index contributed by atoms with van der Waals surface area (Å²) in [5.41, 5.74) is -0.0584. The third kappa shape index (κ3) is 2.64. The first-order valence-electron chi connectivity index (χ1n) is 6.34. The van der Waals surface area contributed by atoms with E-state index in [9.17, 15) is 9.90 Å². The summed E-state index contributed by atoms with van der Waals surface area (Å²) in [5.74, 6) is -0.798. The van der Waals surface area contributed by atoms with Gasteiger partial charge in [-0.15, -0.1) is 0 Å². The van der Waals surface area contributed by atoms with Crippen LogP contribution in [0.2, 0.25) is 0 Å². The summed E-state index contributed by atoms with van der Waals surface area (Å²) in [6.07, 6.45) is 1.86. The lowest BCUT2D eigenvalue weighted by Gasteiger charge is -2.38. The molecular formula is C14H19NO3. The van der Waals surface area contributed by atoms with Crippen LogP contribution in [-0.2, 0) is 9.53 Å². The molecule has 0 amide bonds. The summed E-state index contributed by atoms with van der Waals surface area (Å²) in [4.78, 5) is 11.6. The van der Waals surface area contributed by atoms with Crippen LogP contribution in [0.25, 0.3) is 0 Å². The van der Waals surface area contributed by atoms with Crippen molar-refractivity contribution in [3.63, 3.8) is 0 Å². The van der Waals surface area contributed by atoms with E-state index in [4.69, 9.17) is 4.74 Å². The average Bonchev–Trinajstić information content (AvgIpc) is 2.40. The van der Waals surface area contributed by atoms with Gasteiger partial charge in [-0.2, -0.15) is 0 Å². The molecule has 4 nitrogen and oxygen atoms in total. The number of carboxylic acids is 1. The first kappa shape index (κ1) is 12.9. The van der Waals surface area contributed by atoms with E-state index < -0.39 is 11.5 Å². The number of nitrogens with one attached hydrogen (secondary N) is 1. The maximum atomic E-state index is 11.6. The van der Waals surface area contributed by atoms with Crippen molar-refractivity contribution in [3.8, 4) is 0 Å². The van der Waals surface area contributed by atoms with Gasteiger partial charge in [0.15, 0.2) is 0 Å². The normalized spacial score (nSPS) is 27.7. The lowest BCUT2D eigenvalue weighted by atomic mass is 9.85. The molecule has 2 N–H and O–H groups in total. The van der Waals surface area contributed by atoms with Crippen molar-refractivity contribution in [2.45, 2.75) is 37.8 Å². The Morgan fingerprint density at radius 1 is 1.50 bits per heavy atom. The van der Waals surface area contributed by atoms with Crippen molar-refractivity contribution < 1.29 is 14.6 Å². The lowest BCUT2D eigenvalue weighted by Crippen LogP contribution is -2.52. The summed E-state index contributed by atoms with van der Waals surface area (Å²) in [6.45, 7) is 2.51.